The Morgan fingerprint density at radius 1 is 1.32 bits per heavy atom. The SMILES string of the molecule is COCCNC(=O)c1nc(-c2ccccc2)oc1C(F)(F)F. The van der Waals surface area contributed by atoms with Gasteiger partial charge < -0.3 is 14.5 Å². The van der Waals surface area contributed by atoms with Gasteiger partial charge in [0.1, 0.15) is 0 Å². The molecule has 1 aromatic heterocycles. The van der Waals surface area contributed by atoms with E-state index in [9.17, 15) is 18.0 Å². The first-order valence-corrected chi connectivity index (χ1v) is 6.34. The number of halogens is 3. The zero-order valence-corrected chi connectivity index (χ0v) is 11.6. The molecule has 22 heavy (non-hydrogen) atoms. The summed E-state index contributed by atoms with van der Waals surface area (Å²) in [7, 11) is 1.41. The Labute approximate surface area is 124 Å². The zero-order valence-electron chi connectivity index (χ0n) is 11.6. The lowest BCUT2D eigenvalue weighted by atomic mass is 10.2. The molecule has 0 atom stereocenters. The highest BCUT2D eigenvalue weighted by Crippen LogP contribution is 2.35. The van der Waals surface area contributed by atoms with Gasteiger partial charge in [-0.05, 0) is 12.1 Å². The first-order valence-electron chi connectivity index (χ1n) is 6.34. The number of benzene rings is 1. The number of alkyl halides is 3. The highest BCUT2D eigenvalue weighted by molar-refractivity contribution is 5.93. The normalized spacial score (nSPS) is 11.5. The van der Waals surface area contributed by atoms with Crippen LogP contribution in [0.2, 0.25) is 0 Å². The number of aromatic nitrogens is 1. The van der Waals surface area contributed by atoms with E-state index in [1.165, 1.54) is 7.11 Å². The highest BCUT2D eigenvalue weighted by Gasteiger charge is 2.41. The standard InChI is InChI=1S/C14H13F3N2O3/c1-21-8-7-18-12(20)10-11(14(15,16)17)22-13(19-10)9-5-3-2-4-6-9/h2-6H,7-8H2,1H3,(H,18,20). The van der Waals surface area contributed by atoms with Gasteiger partial charge in [0.15, 0.2) is 5.69 Å². The van der Waals surface area contributed by atoms with E-state index >= 15 is 0 Å². The molecule has 0 saturated carbocycles. The number of amides is 1. The fraction of sp³-hybridized carbons (Fsp3) is 0.286. The van der Waals surface area contributed by atoms with Crippen molar-refractivity contribution in [2.75, 3.05) is 20.3 Å². The van der Waals surface area contributed by atoms with Crippen LogP contribution in [0.25, 0.3) is 11.5 Å². The van der Waals surface area contributed by atoms with Gasteiger partial charge in [-0.2, -0.15) is 13.2 Å². The monoisotopic (exact) mass is 314 g/mol. The zero-order chi connectivity index (χ0) is 16.2. The summed E-state index contributed by atoms with van der Waals surface area (Å²) in [5, 5.41) is 2.29. The number of methoxy groups -OCH3 is 1. The van der Waals surface area contributed by atoms with E-state index in [1.54, 1.807) is 30.3 Å². The topological polar surface area (TPSA) is 64.4 Å². The van der Waals surface area contributed by atoms with Gasteiger partial charge in [-0.15, -0.1) is 0 Å². The van der Waals surface area contributed by atoms with Gasteiger partial charge in [-0.1, -0.05) is 18.2 Å². The summed E-state index contributed by atoms with van der Waals surface area (Å²) in [6.45, 7) is 0.247. The first kappa shape index (κ1) is 16.0. The second-order valence-electron chi connectivity index (χ2n) is 4.31. The average molecular weight is 314 g/mol. The third-order valence-electron chi connectivity index (χ3n) is 2.71. The second kappa shape index (κ2) is 6.61. The van der Waals surface area contributed by atoms with E-state index in [-0.39, 0.29) is 19.0 Å². The number of carbonyl (C=O) groups excluding carboxylic acids is 1. The van der Waals surface area contributed by atoms with Gasteiger partial charge in [0.2, 0.25) is 11.7 Å². The Kier molecular flexibility index (Phi) is 4.81. The summed E-state index contributed by atoms with van der Waals surface area (Å²) >= 11 is 0. The number of ether oxygens (including phenoxy) is 1. The van der Waals surface area contributed by atoms with Crippen molar-refractivity contribution in [3.63, 3.8) is 0 Å². The molecule has 2 rings (SSSR count). The Hall–Kier alpha value is -2.35. The van der Waals surface area contributed by atoms with E-state index in [0.29, 0.717) is 5.56 Å². The molecule has 5 nitrogen and oxygen atoms in total. The molecule has 1 N–H and O–H groups in total. The molecule has 2 aromatic rings. The number of nitrogens with one attached hydrogen (secondary N) is 1. The summed E-state index contributed by atoms with van der Waals surface area (Å²) in [6.07, 6.45) is -4.81. The van der Waals surface area contributed by atoms with Gasteiger partial charge in [-0.25, -0.2) is 4.98 Å². The molecule has 8 heteroatoms. The molecule has 0 radical (unpaired) electrons. The molecule has 0 unspecified atom stereocenters. The quantitative estimate of drug-likeness (QED) is 0.862. The molecule has 0 aliphatic rings. The fourth-order valence-electron chi connectivity index (χ4n) is 1.72. The smallest absolute Gasteiger partial charge is 0.431 e. The lowest BCUT2D eigenvalue weighted by Crippen LogP contribution is -2.29. The Balaban J connectivity index is 2.35. The number of rotatable bonds is 5. The van der Waals surface area contributed by atoms with Gasteiger partial charge in [0.05, 0.1) is 6.61 Å². The van der Waals surface area contributed by atoms with Gasteiger partial charge in [0, 0.05) is 19.2 Å². The highest BCUT2D eigenvalue weighted by atomic mass is 19.4. The van der Waals surface area contributed by atoms with Crippen molar-refractivity contribution in [1.82, 2.24) is 10.3 Å². The summed E-state index contributed by atoms with van der Waals surface area (Å²) < 4.78 is 48.4. The third kappa shape index (κ3) is 3.64. The lowest BCUT2D eigenvalue weighted by molar-refractivity contribution is -0.153. The first-order chi connectivity index (χ1) is 10.4. The molecule has 0 aliphatic carbocycles. The van der Waals surface area contributed by atoms with Crippen LogP contribution in [0, 0.1) is 0 Å². The van der Waals surface area contributed by atoms with E-state index in [1.807, 2.05) is 0 Å². The van der Waals surface area contributed by atoms with Crippen LogP contribution in [-0.2, 0) is 10.9 Å². The summed E-state index contributed by atoms with van der Waals surface area (Å²) in [5.74, 6) is -2.64. The van der Waals surface area contributed by atoms with Crippen LogP contribution in [0.4, 0.5) is 13.2 Å². The van der Waals surface area contributed by atoms with Crippen LogP contribution in [0.5, 0.6) is 0 Å². The molecular weight excluding hydrogens is 301 g/mol. The minimum absolute atomic E-state index is 0.0696. The Morgan fingerprint density at radius 3 is 2.59 bits per heavy atom. The van der Waals surface area contributed by atoms with Crippen molar-refractivity contribution in [2.24, 2.45) is 0 Å². The number of hydrogen-bond donors (Lipinski definition) is 1. The van der Waals surface area contributed by atoms with Crippen LogP contribution in [0.15, 0.2) is 34.7 Å². The number of nitrogens with zero attached hydrogens (tertiary/aromatic N) is 1. The molecule has 0 spiro atoms. The average Bonchev–Trinajstić information content (AvgIpc) is 2.94. The van der Waals surface area contributed by atoms with Crippen molar-refractivity contribution < 1.29 is 27.1 Å². The molecule has 0 saturated heterocycles. The maximum atomic E-state index is 13.0. The van der Waals surface area contributed by atoms with Crippen molar-refractivity contribution in [2.45, 2.75) is 6.18 Å². The maximum absolute atomic E-state index is 13.0. The minimum Gasteiger partial charge on any atom is -0.431 e. The van der Waals surface area contributed by atoms with E-state index < -0.39 is 23.5 Å². The van der Waals surface area contributed by atoms with Crippen LogP contribution in [0.1, 0.15) is 16.2 Å². The van der Waals surface area contributed by atoms with Gasteiger partial charge >= 0.3 is 6.18 Å². The van der Waals surface area contributed by atoms with Gasteiger partial charge in [-0.3, -0.25) is 4.79 Å². The minimum atomic E-state index is -4.81. The molecule has 118 valence electrons. The summed E-state index contributed by atoms with van der Waals surface area (Å²) in [6, 6.07) is 8.04. The van der Waals surface area contributed by atoms with E-state index in [4.69, 9.17) is 9.15 Å². The fourth-order valence-corrected chi connectivity index (χ4v) is 1.72. The Bertz CT molecular complexity index is 639. The molecular formula is C14H13F3N2O3. The molecule has 0 fully saturated rings. The van der Waals surface area contributed by atoms with Crippen molar-refractivity contribution in [3.05, 3.63) is 41.8 Å². The van der Waals surface area contributed by atoms with E-state index in [0.717, 1.165) is 0 Å². The van der Waals surface area contributed by atoms with Crippen LogP contribution < -0.4 is 5.32 Å². The number of oxazole rings is 1. The molecule has 1 aromatic carbocycles. The number of hydrogen-bond acceptors (Lipinski definition) is 4. The third-order valence-corrected chi connectivity index (χ3v) is 2.71. The predicted octanol–water partition coefficient (Wildman–Crippen LogP) is 2.74. The number of carbonyl (C=O) groups is 1. The summed E-state index contributed by atoms with van der Waals surface area (Å²) in [4.78, 5) is 15.5. The van der Waals surface area contributed by atoms with Crippen molar-refractivity contribution >= 4 is 5.91 Å². The van der Waals surface area contributed by atoms with Crippen LogP contribution >= 0.6 is 0 Å². The molecule has 1 amide bonds. The molecule has 0 aliphatic heterocycles. The molecule has 1 heterocycles. The Morgan fingerprint density at radius 2 is 2.00 bits per heavy atom. The molecule has 0 bridgehead atoms. The van der Waals surface area contributed by atoms with E-state index in [2.05, 4.69) is 10.3 Å². The summed E-state index contributed by atoms with van der Waals surface area (Å²) in [5.41, 5.74) is -0.439. The van der Waals surface area contributed by atoms with Crippen molar-refractivity contribution in [3.8, 4) is 11.5 Å². The van der Waals surface area contributed by atoms with Crippen LogP contribution in [-0.4, -0.2) is 31.2 Å². The second-order valence-corrected chi connectivity index (χ2v) is 4.31. The lowest BCUT2D eigenvalue weighted by Gasteiger charge is -2.05. The predicted molar refractivity (Wildman–Crippen MR) is 71.2 cm³/mol. The van der Waals surface area contributed by atoms with Crippen LogP contribution in [0.3, 0.4) is 0 Å². The van der Waals surface area contributed by atoms with Crippen molar-refractivity contribution in [1.29, 1.82) is 0 Å². The van der Waals surface area contributed by atoms with Gasteiger partial charge in [0.25, 0.3) is 5.91 Å². The maximum Gasteiger partial charge on any atom is 0.452 e. The largest absolute Gasteiger partial charge is 0.452 e.